The molecule has 2 aromatic carbocycles. The second-order valence-electron chi connectivity index (χ2n) is 5.68. The molecule has 0 fully saturated rings. The summed E-state index contributed by atoms with van der Waals surface area (Å²) in [5.41, 5.74) is 0.198. The largest absolute Gasteiger partial charge is 0.494 e. The highest BCUT2D eigenvalue weighted by Gasteiger charge is 2.17. The molecule has 27 heavy (non-hydrogen) atoms. The van der Waals surface area contributed by atoms with E-state index in [-0.39, 0.29) is 24.4 Å². The lowest BCUT2D eigenvalue weighted by Gasteiger charge is -2.21. The molecule has 2 rings (SSSR count). The van der Waals surface area contributed by atoms with Crippen molar-refractivity contribution < 1.29 is 27.5 Å². The van der Waals surface area contributed by atoms with Gasteiger partial charge in [-0.1, -0.05) is 6.07 Å². The number of carbonyl (C=O) groups is 2. The number of hydrogen-bond acceptors (Lipinski definition) is 3. The van der Waals surface area contributed by atoms with Crippen molar-refractivity contribution in [3.05, 3.63) is 65.0 Å². The van der Waals surface area contributed by atoms with E-state index in [1.165, 1.54) is 24.1 Å². The lowest BCUT2D eigenvalue weighted by molar-refractivity contribution is -0.130. The van der Waals surface area contributed by atoms with Crippen molar-refractivity contribution in [2.24, 2.45) is 0 Å². The summed E-state index contributed by atoms with van der Waals surface area (Å²) in [4.78, 5) is 25.7. The Kier molecular flexibility index (Phi) is 6.81. The zero-order valence-electron chi connectivity index (χ0n) is 14.9. The molecule has 0 aliphatic carbocycles. The third-order valence-corrected chi connectivity index (χ3v) is 3.90. The summed E-state index contributed by atoms with van der Waals surface area (Å²) in [7, 11) is 1.35. The fourth-order valence-corrected chi connectivity index (χ4v) is 2.44. The predicted molar refractivity (Wildman–Crippen MR) is 92.7 cm³/mol. The molecule has 0 heterocycles. The minimum absolute atomic E-state index is 0.0988. The van der Waals surface area contributed by atoms with Crippen LogP contribution in [0.15, 0.2) is 36.4 Å². The minimum atomic E-state index is -1.01. The van der Waals surface area contributed by atoms with Gasteiger partial charge >= 0.3 is 0 Å². The molecule has 2 aromatic rings. The average Bonchev–Trinajstić information content (AvgIpc) is 2.64. The second kappa shape index (κ2) is 9.07. The van der Waals surface area contributed by atoms with E-state index in [2.05, 4.69) is 5.32 Å². The van der Waals surface area contributed by atoms with Crippen molar-refractivity contribution in [2.75, 3.05) is 20.2 Å². The molecule has 0 spiro atoms. The lowest BCUT2D eigenvalue weighted by atomic mass is 10.2. The van der Waals surface area contributed by atoms with Crippen LogP contribution < -0.4 is 10.1 Å². The molecule has 0 bridgehead atoms. The summed E-state index contributed by atoms with van der Waals surface area (Å²) in [6.07, 6.45) is 0. The number of halogens is 3. The van der Waals surface area contributed by atoms with E-state index in [4.69, 9.17) is 4.74 Å². The third kappa shape index (κ3) is 5.22. The van der Waals surface area contributed by atoms with E-state index in [9.17, 15) is 22.8 Å². The molecule has 0 aliphatic rings. The van der Waals surface area contributed by atoms with Gasteiger partial charge < -0.3 is 15.0 Å². The quantitative estimate of drug-likeness (QED) is 0.804. The van der Waals surface area contributed by atoms with E-state index >= 15 is 0 Å². The van der Waals surface area contributed by atoms with Crippen molar-refractivity contribution in [3.63, 3.8) is 0 Å². The summed E-state index contributed by atoms with van der Waals surface area (Å²) >= 11 is 0. The average molecular weight is 380 g/mol. The van der Waals surface area contributed by atoms with Crippen molar-refractivity contribution in [2.45, 2.75) is 13.5 Å². The summed E-state index contributed by atoms with van der Waals surface area (Å²) in [6.45, 7) is 1.83. The molecule has 2 amide bonds. The van der Waals surface area contributed by atoms with Gasteiger partial charge in [-0.15, -0.1) is 0 Å². The second-order valence-corrected chi connectivity index (χ2v) is 5.68. The number of amides is 2. The standard InChI is InChI=1S/C19H19F3N2O3/c1-3-24(11-12-4-7-17(27-2)16(22)8-12)18(25)10-23-19(26)14-6-5-13(20)9-15(14)21/h4-9H,3,10-11H2,1-2H3,(H,23,26). The van der Waals surface area contributed by atoms with Crippen molar-refractivity contribution in [1.29, 1.82) is 0 Å². The minimum Gasteiger partial charge on any atom is -0.494 e. The first-order valence-electron chi connectivity index (χ1n) is 8.19. The van der Waals surface area contributed by atoms with E-state index < -0.39 is 29.3 Å². The van der Waals surface area contributed by atoms with Gasteiger partial charge in [0, 0.05) is 19.2 Å². The molecule has 144 valence electrons. The number of carbonyl (C=O) groups excluding carboxylic acids is 2. The fraction of sp³-hybridized carbons (Fsp3) is 0.263. The van der Waals surface area contributed by atoms with E-state index in [0.29, 0.717) is 18.2 Å². The highest BCUT2D eigenvalue weighted by atomic mass is 19.1. The van der Waals surface area contributed by atoms with Crippen LogP contribution in [0.2, 0.25) is 0 Å². The van der Waals surface area contributed by atoms with Crippen molar-refractivity contribution in [3.8, 4) is 5.75 Å². The Hall–Kier alpha value is -3.03. The van der Waals surface area contributed by atoms with Gasteiger partial charge in [0.2, 0.25) is 5.91 Å². The first-order chi connectivity index (χ1) is 12.8. The summed E-state index contributed by atoms with van der Waals surface area (Å²) in [5, 5.41) is 2.30. The maximum Gasteiger partial charge on any atom is 0.254 e. The van der Waals surface area contributed by atoms with Crippen LogP contribution in [0.1, 0.15) is 22.8 Å². The Morgan fingerprint density at radius 2 is 1.81 bits per heavy atom. The van der Waals surface area contributed by atoms with Crippen LogP contribution in [0, 0.1) is 17.5 Å². The Labute approximate surface area is 154 Å². The fourth-order valence-electron chi connectivity index (χ4n) is 2.44. The molecular weight excluding hydrogens is 361 g/mol. The number of ether oxygens (including phenoxy) is 1. The Balaban J connectivity index is 1.98. The first-order valence-corrected chi connectivity index (χ1v) is 8.19. The van der Waals surface area contributed by atoms with Gasteiger partial charge in [-0.3, -0.25) is 9.59 Å². The Bertz CT molecular complexity index is 843. The summed E-state index contributed by atoms with van der Waals surface area (Å²) in [5.74, 6) is -3.51. The van der Waals surface area contributed by atoms with Gasteiger partial charge in [-0.25, -0.2) is 13.2 Å². The SMILES string of the molecule is CCN(Cc1ccc(OC)c(F)c1)C(=O)CNC(=O)c1ccc(F)cc1F. The van der Waals surface area contributed by atoms with Crippen molar-refractivity contribution in [1.82, 2.24) is 10.2 Å². The van der Waals surface area contributed by atoms with Gasteiger partial charge in [0.1, 0.15) is 11.6 Å². The molecular formula is C19H19F3N2O3. The van der Waals surface area contributed by atoms with Gasteiger partial charge in [-0.05, 0) is 36.8 Å². The lowest BCUT2D eigenvalue weighted by Crippen LogP contribution is -2.40. The number of nitrogens with zero attached hydrogens (tertiary/aromatic N) is 1. The Morgan fingerprint density at radius 3 is 2.41 bits per heavy atom. The molecule has 0 saturated carbocycles. The maximum atomic E-state index is 13.8. The predicted octanol–water partition coefficient (Wildman–Crippen LogP) is 2.89. The molecule has 0 saturated heterocycles. The van der Waals surface area contributed by atoms with Crippen molar-refractivity contribution >= 4 is 11.8 Å². The highest BCUT2D eigenvalue weighted by molar-refractivity contribution is 5.96. The third-order valence-electron chi connectivity index (χ3n) is 3.90. The molecule has 8 heteroatoms. The normalized spacial score (nSPS) is 10.4. The molecule has 0 aromatic heterocycles. The number of hydrogen-bond donors (Lipinski definition) is 1. The molecule has 0 aliphatic heterocycles. The smallest absolute Gasteiger partial charge is 0.254 e. The zero-order chi connectivity index (χ0) is 20.0. The number of likely N-dealkylation sites (N-methyl/N-ethyl adjacent to an activating group) is 1. The topological polar surface area (TPSA) is 58.6 Å². The van der Waals surface area contributed by atoms with Gasteiger partial charge in [-0.2, -0.15) is 0 Å². The number of methoxy groups -OCH3 is 1. The first kappa shape index (κ1) is 20.3. The number of nitrogens with one attached hydrogen (secondary N) is 1. The van der Waals surface area contributed by atoms with E-state index in [1.807, 2.05) is 0 Å². The van der Waals surface area contributed by atoms with Crippen LogP contribution in [0.25, 0.3) is 0 Å². The van der Waals surface area contributed by atoms with E-state index in [1.54, 1.807) is 13.0 Å². The summed E-state index contributed by atoms with van der Waals surface area (Å²) in [6, 6.07) is 6.90. The van der Waals surface area contributed by atoms with Crippen LogP contribution >= 0.6 is 0 Å². The molecule has 0 unspecified atom stereocenters. The van der Waals surface area contributed by atoms with Crippen LogP contribution in [-0.2, 0) is 11.3 Å². The number of rotatable bonds is 7. The van der Waals surface area contributed by atoms with Crippen LogP contribution in [0.3, 0.4) is 0 Å². The molecule has 5 nitrogen and oxygen atoms in total. The van der Waals surface area contributed by atoms with Gasteiger partial charge in [0.25, 0.3) is 5.91 Å². The van der Waals surface area contributed by atoms with Crippen LogP contribution in [-0.4, -0.2) is 36.9 Å². The van der Waals surface area contributed by atoms with E-state index in [0.717, 1.165) is 12.1 Å². The molecule has 0 radical (unpaired) electrons. The maximum absolute atomic E-state index is 13.8. The molecule has 1 N–H and O–H groups in total. The summed E-state index contributed by atoms with van der Waals surface area (Å²) < 4.78 is 45.1. The van der Waals surface area contributed by atoms with Gasteiger partial charge in [0.15, 0.2) is 11.6 Å². The van der Waals surface area contributed by atoms with Gasteiger partial charge in [0.05, 0.1) is 19.2 Å². The molecule has 0 atom stereocenters. The van der Waals surface area contributed by atoms with Crippen LogP contribution in [0.5, 0.6) is 5.75 Å². The van der Waals surface area contributed by atoms with Crippen LogP contribution in [0.4, 0.5) is 13.2 Å². The Morgan fingerprint density at radius 1 is 1.07 bits per heavy atom. The number of benzene rings is 2. The monoisotopic (exact) mass is 380 g/mol. The highest BCUT2D eigenvalue weighted by Crippen LogP contribution is 2.18. The zero-order valence-corrected chi connectivity index (χ0v) is 14.9.